The molecule has 0 bridgehead atoms. The van der Waals surface area contributed by atoms with Gasteiger partial charge in [-0.15, -0.1) is 0 Å². The van der Waals surface area contributed by atoms with E-state index < -0.39 is 0 Å². The fourth-order valence-electron chi connectivity index (χ4n) is 2.02. The van der Waals surface area contributed by atoms with Gasteiger partial charge in [0.15, 0.2) is 0 Å². The predicted molar refractivity (Wildman–Crippen MR) is 72.2 cm³/mol. The zero-order valence-electron chi connectivity index (χ0n) is 10.9. The van der Waals surface area contributed by atoms with Crippen molar-refractivity contribution in [3.05, 3.63) is 29.8 Å². The van der Waals surface area contributed by atoms with Gasteiger partial charge >= 0.3 is 0 Å². The quantitative estimate of drug-likeness (QED) is 0.822. The summed E-state index contributed by atoms with van der Waals surface area (Å²) in [4.78, 5) is 13.2. The van der Waals surface area contributed by atoms with E-state index in [1.165, 1.54) is 11.3 Å². The highest BCUT2D eigenvalue weighted by atomic mass is 16.1. The van der Waals surface area contributed by atoms with Gasteiger partial charge in [0.25, 0.3) is 0 Å². The lowest BCUT2D eigenvalue weighted by Gasteiger charge is -2.21. The number of carbonyl (C=O) groups excluding carboxylic acids is 1. The van der Waals surface area contributed by atoms with Gasteiger partial charge in [-0.1, -0.05) is 19.1 Å². The first-order valence-corrected chi connectivity index (χ1v) is 6.21. The van der Waals surface area contributed by atoms with Gasteiger partial charge in [-0.25, -0.2) is 0 Å². The summed E-state index contributed by atoms with van der Waals surface area (Å²) in [6.07, 6.45) is 0.407. The van der Waals surface area contributed by atoms with Crippen LogP contribution in [0.2, 0.25) is 0 Å². The van der Waals surface area contributed by atoms with E-state index in [1.54, 1.807) is 0 Å². The number of primary amides is 1. The monoisotopic (exact) mass is 234 g/mol. The predicted octanol–water partition coefficient (Wildman–Crippen LogP) is 2.51. The molecule has 3 nitrogen and oxygen atoms in total. The second kappa shape index (κ2) is 6.28. The number of amides is 1. The number of hydrogen-bond acceptors (Lipinski definition) is 2. The van der Waals surface area contributed by atoms with E-state index in [9.17, 15) is 4.79 Å². The van der Waals surface area contributed by atoms with Crippen LogP contribution in [0.1, 0.15) is 38.7 Å². The minimum absolute atomic E-state index is 0.193. The third-order valence-corrected chi connectivity index (χ3v) is 3.10. The Labute approximate surface area is 104 Å². The molecule has 0 radical (unpaired) electrons. The van der Waals surface area contributed by atoms with Gasteiger partial charge in [-0.05, 0) is 37.5 Å². The van der Waals surface area contributed by atoms with E-state index in [0.29, 0.717) is 6.42 Å². The molecule has 0 aliphatic carbocycles. The maximum Gasteiger partial charge on any atom is 0.218 e. The summed E-state index contributed by atoms with van der Waals surface area (Å²) in [6, 6.07) is 8.39. The van der Waals surface area contributed by atoms with Gasteiger partial charge in [0, 0.05) is 25.2 Å². The highest BCUT2D eigenvalue weighted by molar-refractivity contribution is 5.74. The van der Waals surface area contributed by atoms with Crippen molar-refractivity contribution in [3.8, 4) is 0 Å². The summed E-state index contributed by atoms with van der Waals surface area (Å²) in [5.74, 6) is -0.0522. The van der Waals surface area contributed by atoms with E-state index in [-0.39, 0.29) is 11.8 Å². The molecule has 94 valence electrons. The Hall–Kier alpha value is -1.51. The third-order valence-electron chi connectivity index (χ3n) is 3.10. The molecule has 0 saturated carbocycles. The number of hydrogen-bond donors (Lipinski definition) is 1. The zero-order valence-corrected chi connectivity index (χ0v) is 10.9. The van der Waals surface area contributed by atoms with E-state index in [1.807, 2.05) is 6.92 Å². The van der Waals surface area contributed by atoms with E-state index in [4.69, 9.17) is 5.73 Å². The van der Waals surface area contributed by atoms with Crippen molar-refractivity contribution >= 4 is 11.6 Å². The van der Waals surface area contributed by atoms with Crippen LogP contribution >= 0.6 is 0 Å². The lowest BCUT2D eigenvalue weighted by Crippen LogP contribution is -2.21. The van der Waals surface area contributed by atoms with E-state index in [2.05, 4.69) is 43.0 Å². The van der Waals surface area contributed by atoms with Crippen LogP contribution in [0.3, 0.4) is 0 Å². The van der Waals surface area contributed by atoms with Crippen molar-refractivity contribution in [2.75, 3.05) is 18.0 Å². The molecule has 1 aromatic rings. The average molecular weight is 234 g/mol. The maximum atomic E-state index is 10.9. The fourth-order valence-corrected chi connectivity index (χ4v) is 2.02. The smallest absolute Gasteiger partial charge is 0.218 e. The Bertz CT molecular complexity index is 355. The largest absolute Gasteiger partial charge is 0.372 e. The summed E-state index contributed by atoms with van der Waals surface area (Å²) in [6.45, 7) is 8.33. The second-order valence-corrected chi connectivity index (χ2v) is 4.34. The first kappa shape index (κ1) is 13.6. The topological polar surface area (TPSA) is 46.3 Å². The van der Waals surface area contributed by atoms with Crippen LogP contribution in [0, 0.1) is 0 Å². The Morgan fingerprint density at radius 3 is 2.18 bits per heavy atom. The molecule has 1 unspecified atom stereocenters. The maximum absolute atomic E-state index is 10.9. The molecular formula is C14H22N2O. The van der Waals surface area contributed by atoms with Crippen molar-refractivity contribution in [2.45, 2.75) is 33.1 Å². The fraction of sp³-hybridized carbons (Fsp3) is 0.500. The highest BCUT2D eigenvalue weighted by Crippen LogP contribution is 2.22. The Kier molecular flexibility index (Phi) is 5.01. The summed E-state index contributed by atoms with van der Waals surface area (Å²) in [5, 5.41) is 0. The molecule has 0 aliphatic heterocycles. The van der Waals surface area contributed by atoms with Crippen molar-refractivity contribution in [2.24, 2.45) is 5.73 Å². The molecule has 0 heterocycles. The first-order chi connectivity index (χ1) is 8.08. The van der Waals surface area contributed by atoms with Crippen molar-refractivity contribution in [1.82, 2.24) is 0 Å². The molecule has 0 aliphatic rings. The number of anilines is 1. The molecule has 1 amide bonds. The van der Waals surface area contributed by atoms with Gasteiger partial charge < -0.3 is 10.6 Å². The molecular weight excluding hydrogens is 212 g/mol. The molecule has 1 rings (SSSR count). The molecule has 17 heavy (non-hydrogen) atoms. The van der Waals surface area contributed by atoms with Gasteiger partial charge in [-0.2, -0.15) is 0 Å². The lowest BCUT2D eigenvalue weighted by atomic mass is 9.97. The number of nitrogens with two attached hydrogens (primary N) is 1. The lowest BCUT2D eigenvalue weighted by molar-refractivity contribution is -0.118. The van der Waals surface area contributed by atoms with E-state index >= 15 is 0 Å². The Morgan fingerprint density at radius 2 is 1.76 bits per heavy atom. The number of nitrogens with zero attached hydrogens (tertiary/aromatic N) is 1. The standard InChI is InChI=1S/C14H22N2O/c1-4-16(5-2)13-8-6-12(7-9-13)11(3)10-14(15)17/h6-9,11H,4-5,10H2,1-3H3,(H2,15,17). The second-order valence-electron chi connectivity index (χ2n) is 4.34. The van der Waals surface area contributed by atoms with Crippen LogP contribution in [-0.2, 0) is 4.79 Å². The number of carbonyl (C=O) groups is 1. The first-order valence-electron chi connectivity index (χ1n) is 6.21. The van der Waals surface area contributed by atoms with Crippen molar-refractivity contribution in [3.63, 3.8) is 0 Å². The van der Waals surface area contributed by atoms with Crippen LogP contribution in [0.4, 0.5) is 5.69 Å². The average Bonchev–Trinajstić information content (AvgIpc) is 2.30. The number of benzene rings is 1. The summed E-state index contributed by atoms with van der Waals surface area (Å²) in [5.41, 5.74) is 7.60. The molecule has 1 aromatic carbocycles. The SMILES string of the molecule is CCN(CC)c1ccc(C(C)CC(N)=O)cc1. The third kappa shape index (κ3) is 3.77. The summed E-state index contributed by atoms with van der Waals surface area (Å²) < 4.78 is 0. The molecule has 3 heteroatoms. The summed E-state index contributed by atoms with van der Waals surface area (Å²) in [7, 11) is 0. The molecule has 1 atom stereocenters. The van der Waals surface area contributed by atoms with Gasteiger partial charge in [0.1, 0.15) is 0 Å². The molecule has 2 N–H and O–H groups in total. The van der Waals surface area contributed by atoms with E-state index in [0.717, 1.165) is 13.1 Å². The molecule has 0 fully saturated rings. The molecule has 0 aromatic heterocycles. The van der Waals surface area contributed by atoms with Crippen LogP contribution in [0.5, 0.6) is 0 Å². The van der Waals surface area contributed by atoms with Crippen molar-refractivity contribution < 1.29 is 4.79 Å². The Morgan fingerprint density at radius 1 is 1.24 bits per heavy atom. The van der Waals surface area contributed by atoms with Crippen LogP contribution < -0.4 is 10.6 Å². The van der Waals surface area contributed by atoms with Crippen molar-refractivity contribution in [1.29, 1.82) is 0 Å². The van der Waals surface area contributed by atoms with Gasteiger partial charge in [0.2, 0.25) is 5.91 Å². The minimum Gasteiger partial charge on any atom is -0.372 e. The van der Waals surface area contributed by atoms with Crippen LogP contribution in [0.25, 0.3) is 0 Å². The van der Waals surface area contributed by atoms with Crippen LogP contribution in [-0.4, -0.2) is 19.0 Å². The Balaban J connectivity index is 2.76. The van der Waals surface area contributed by atoms with Crippen LogP contribution in [0.15, 0.2) is 24.3 Å². The summed E-state index contributed by atoms with van der Waals surface area (Å²) >= 11 is 0. The minimum atomic E-state index is -0.245. The number of rotatable bonds is 6. The highest BCUT2D eigenvalue weighted by Gasteiger charge is 2.09. The van der Waals surface area contributed by atoms with Gasteiger partial charge in [0.05, 0.1) is 0 Å². The molecule has 0 spiro atoms. The van der Waals surface area contributed by atoms with Gasteiger partial charge in [-0.3, -0.25) is 4.79 Å². The normalized spacial score (nSPS) is 12.2. The molecule has 0 saturated heterocycles. The zero-order chi connectivity index (χ0) is 12.8.